The number of hydrogen-bond acceptors (Lipinski definition) is 2. The van der Waals surface area contributed by atoms with Crippen molar-refractivity contribution < 1.29 is 8.42 Å². The van der Waals surface area contributed by atoms with Crippen molar-refractivity contribution in [1.82, 2.24) is 4.31 Å². The lowest BCUT2D eigenvalue weighted by atomic mass is 9.84. The molecule has 0 saturated carbocycles. The van der Waals surface area contributed by atoms with Gasteiger partial charge in [0.1, 0.15) is 0 Å². The second-order valence-electron chi connectivity index (χ2n) is 6.70. The standard InChI is InChI=1S/C19H21NO2S/c1-14-7-10-17(11-8-14)23(21,22)20-16-9-12-19(20)18(13-16)15-5-3-2-4-6-15/h2-8,10-11,16,18-19H,9,12-13H2,1H3/t16-,18+,19+/m0/s1. The molecule has 3 nitrogen and oxygen atoms in total. The molecule has 0 aliphatic carbocycles. The van der Waals surface area contributed by atoms with Gasteiger partial charge in [-0.2, -0.15) is 4.31 Å². The van der Waals surface area contributed by atoms with E-state index >= 15 is 0 Å². The Bertz CT molecular complexity index is 799. The maximum absolute atomic E-state index is 13.1. The van der Waals surface area contributed by atoms with E-state index in [4.69, 9.17) is 0 Å². The van der Waals surface area contributed by atoms with Crippen LogP contribution in [0.2, 0.25) is 0 Å². The summed E-state index contributed by atoms with van der Waals surface area (Å²) in [6, 6.07) is 17.8. The Labute approximate surface area is 138 Å². The molecular formula is C19H21NO2S. The molecule has 2 aromatic carbocycles. The van der Waals surface area contributed by atoms with E-state index in [0.29, 0.717) is 10.8 Å². The molecule has 4 rings (SSSR count). The smallest absolute Gasteiger partial charge is 0.207 e. The average Bonchev–Trinajstić information content (AvgIpc) is 3.15. The van der Waals surface area contributed by atoms with E-state index in [2.05, 4.69) is 12.1 Å². The van der Waals surface area contributed by atoms with Crippen LogP contribution in [0.3, 0.4) is 0 Å². The van der Waals surface area contributed by atoms with Crippen LogP contribution in [0.15, 0.2) is 59.5 Å². The van der Waals surface area contributed by atoms with Crippen molar-refractivity contribution >= 4 is 10.0 Å². The lowest BCUT2D eigenvalue weighted by Gasteiger charge is -2.24. The summed E-state index contributed by atoms with van der Waals surface area (Å²) in [7, 11) is -3.40. The van der Waals surface area contributed by atoms with Gasteiger partial charge in [-0.25, -0.2) is 8.42 Å². The van der Waals surface area contributed by atoms with Crippen LogP contribution in [0.25, 0.3) is 0 Å². The molecule has 0 unspecified atom stereocenters. The summed E-state index contributed by atoms with van der Waals surface area (Å²) in [6.45, 7) is 1.97. The minimum Gasteiger partial charge on any atom is -0.207 e. The molecule has 2 aliphatic rings. The zero-order valence-electron chi connectivity index (χ0n) is 13.2. The van der Waals surface area contributed by atoms with E-state index in [9.17, 15) is 8.42 Å². The summed E-state index contributed by atoms with van der Waals surface area (Å²) in [5.74, 6) is 0.329. The van der Waals surface area contributed by atoms with Crippen LogP contribution in [-0.2, 0) is 10.0 Å². The third-order valence-corrected chi connectivity index (χ3v) is 7.29. The number of aryl methyl sites for hydroxylation is 1. The summed E-state index contributed by atoms with van der Waals surface area (Å²) < 4.78 is 28.0. The van der Waals surface area contributed by atoms with Gasteiger partial charge in [0.25, 0.3) is 0 Å². The molecular weight excluding hydrogens is 306 g/mol. The molecule has 0 amide bonds. The summed E-state index contributed by atoms with van der Waals surface area (Å²) in [4.78, 5) is 0.425. The summed E-state index contributed by atoms with van der Waals surface area (Å²) in [6.07, 6.45) is 2.90. The fraction of sp³-hybridized carbons (Fsp3) is 0.368. The van der Waals surface area contributed by atoms with Crippen molar-refractivity contribution in [3.8, 4) is 0 Å². The van der Waals surface area contributed by atoms with E-state index < -0.39 is 10.0 Å². The van der Waals surface area contributed by atoms with Crippen LogP contribution in [0.1, 0.15) is 36.3 Å². The van der Waals surface area contributed by atoms with Gasteiger partial charge >= 0.3 is 0 Å². The van der Waals surface area contributed by atoms with Gasteiger partial charge in [-0.15, -0.1) is 0 Å². The van der Waals surface area contributed by atoms with E-state index in [1.54, 1.807) is 16.4 Å². The Hall–Kier alpha value is -1.65. The largest absolute Gasteiger partial charge is 0.243 e. The molecule has 2 saturated heterocycles. The molecule has 3 atom stereocenters. The van der Waals surface area contributed by atoms with Crippen molar-refractivity contribution in [1.29, 1.82) is 0 Å². The fourth-order valence-corrected chi connectivity index (χ4v) is 6.12. The van der Waals surface area contributed by atoms with E-state index in [0.717, 1.165) is 24.8 Å². The normalized spacial score (nSPS) is 27.4. The number of sulfonamides is 1. The Kier molecular flexibility index (Phi) is 3.54. The number of hydrogen-bond donors (Lipinski definition) is 0. The third kappa shape index (κ3) is 2.41. The predicted octanol–water partition coefficient (Wildman–Crippen LogP) is 3.70. The van der Waals surface area contributed by atoms with Crippen molar-refractivity contribution in [3.63, 3.8) is 0 Å². The van der Waals surface area contributed by atoms with Crippen molar-refractivity contribution in [2.75, 3.05) is 0 Å². The molecule has 0 radical (unpaired) electrons. The zero-order chi connectivity index (χ0) is 16.0. The molecule has 2 heterocycles. The van der Waals surface area contributed by atoms with Gasteiger partial charge in [0.05, 0.1) is 4.90 Å². The minimum atomic E-state index is -3.40. The SMILES string of the molecule is Cc1ccc(S(=O)(=O)N2[C@H]3CC[C@@H]2[C@@H](c2ccccc2)C3)cc1. The van der Waals surface area contributed by atoms with Crippen LogP contribution in [0.5, 0.6) is 0 Å². The Morgan fingerprint density at radius 2 is 1.65 bits per heavy atom. The van der Waals surface area contributed by atoms with E-state index in [-0.39, 0.29) is 12.1 Å². The maximum Gasteiger partial charge on any atom is 0.243 e. The Morgan fingerprint density at radius 1 is 0.957 bits per heavy atom. The molecule has 2 bridgehead atoms. The quantitative estimate of drug-likeness (QED) is 0.862. The summed E-state index contributed by atoms with van der Waals surface area (Å²) in [5.41, 5.74) is 2.35. The average molecular weight is 327 g/mol. The molecule has 23 heavy (non-hydrogen) atoms. The lowest BCUT2D eigenvalue weighted by Crippen LogP contribution is -2.36. The van der Waals surface area contributed by atoms with Crippen molar-refractivity contribution in [2.24, 2.45) is 0 Å². The van der Waals surface area contributed by atoms with Crippen LogP contribution in [0.4, 0.5) is 0 Å². The highest BCUT2D eigenvalue weighted by Crippen LogP contribution is 2.49. The monoisotopic (exact) mass is 327 g/mol. The molecule has 0 spiro atoms. The van der Waals surface area contributed by atoms with Gasteiger partial charge in [0.2, 0.25) is 10.0 Å². The van der Waals surface area contributed by atoms with E-state index in [1.165, 1.54) is 5.56 Å². The molecule has 120 valence electrons. The van der Waals surface area contributed by atoms with Crippen LogP contribution >= 0.6 is 0 Å². The van der Waals surface area contributed by atoms with Gasteiger partial charge < -0.3 is 0 Å². The highest BCUT2D eigenvalue weighted by molar-refractivity contribution is 7.89. The van der Waals surface area contributed by atoms with Gasteiger partial charge in [-0.05, 0) is 43.9 Å². The predicted molar refractivity (Wildman–Crippen MR) is 90.8 cm³/mol. The van der Waals surface area contributed by atoms with Gasteiger partial charge in [-0.3, -0.25) is 0 Å². The number of nitrogens with zero attached hydrogens (tertiary/aromatic N) is 1. The molecule has 2 aliphatic heterocycles. The number of benzene rings is 2. The summed E-state index contributed by atoms with van der Waals surface area (Å²) >= 11 is 0. The zero-order valence-corrected chi connectivity index (χ0v) is 14.0. The van der Waals surface area contributed by atoms with Crippen LogP contribution < -0.4 is 0 Å². The molecule has 2 aromatic rings. The Morgan fingerprint density at radius 3 is 2.35 bits per heavy atom. The molecule has 0 aromatic heterocycles. The number of fused-ring (bicyclic) bond motifs is 2. The van der Waals surface area contributed by atoms with Crippen molar-refractivity contribution in [2.45, 2.75) is 49.1 Å². The lowest BCUT2D eigenvalue weighted by molar-refractivity contribution is 0.388. The van der Waals surface area contributed by atoms with Crippen LogP contribution in [0, 0.1) is 6.92 Å². The molecule has 2 fully saturated rings. The second kappa shape index (κ2) is 5.46. The fourth-order valence-electron chi connectivity index (χ4n) is 4.20. The number of rotatable bonds is 3. The van der Waals surface area contributed by atoms with Gasteiger partial charge in [-0.1, -0.05) is 48.0 Å². The van der Waals surface area contributed by atoms with Gasteiger partial charge in [0.15, 0.2) is 0 Å². The first kappa shape index (κ1) is 14.9. The topological polar surface area (TPSA) is 37.4 Å². The molecule has 0 N–H and O–H groups in total. The first-order valence-corrected chi connectivity index (χ1v) is 9.66. The third-order valence-electron chi connectivity index (χ3n) is 5.30. The highest BCUT2D eigenvalue weighted by Gasteiger charge is 2.52. The first-order chi connectivity index (χ1) is 11.1. The molecule has 4 heteroatoms. The van der Waals surface area contributed by atoms with Crippen LogP contribution in [-0.4, -0.2) is 24.8 Å². The highest BCUT2D eigenvalue weighted by atomic mass is 32.2. The maximum atomic E-state index is 13.1. The minimum absolute atomic E-state index is 0.105. The summed E-state index contributed by atoms with van der Waals surface area (Å²) in [5, 5.41) is 0. The second-order valence-corrected chi connectivity index (χ2v) is 8.54. The van der Waals surface area contributed by atoms with Crippen molar-refractivity contribution in [3.05, 3.63) is 65.7 Å². The first-order valence-electron chi connectivity index (χ1n) is 8.22. The van der Waals surface area contributed by atoms with E-state index in [1.807, 2.05) is 37.3 Å². The Balaban J connectivity index is 1.69. The van der Waals surface area contributed by atoms with Gasteiger partial charge in [0, 0.05) is 18.0 Å².